The standard InChI is InChI=1S/C16H23N3O2/c1-10-6-7-11(15(20)18-2)8-14(10)19-16(21)13-5-3-4-12(13)9-17/h6-8,12-13H,3-5,9,17H2,1-2H3,(H,18,20)(H,19,21). The van der Waals surface area contributed by atoms with Gasteiger partial charge < -0.3 is 16.4 Å². The van der Waals surface area contributed by atoms with Crippen LogP contribution in [0.2, 0.25) is 0 Å². The topological polar surface area (TPSA) is 84.2 Å². The molecule has 0 bridgehead atoms. The van der Waals surface area contributed by atoms with Crippen molar-refractivity contribution in [2.24, 2.45) is 17.6 Å². The lowest BCUT2D eigenvalue weighted by atomic mass is 9.95. The van der Waals surface area contributed by atoms with E-state index < -0.39 is 0 Å². The van der Waals surface area contributed by atoms with Crippen LogP contribution in [0.5, 0.6) is 0 Å². The lowest BCUT2D eigenvalue weighted by molar-refractivity contribution is -0.120. The van der Waals surface area contributed by atoms with Gasteiger partial charge in [-0.1, -0.05) is 12.5 Å². The zero-order valence-electron chi connectivity index (χ0n) is 12.6. The number of nitrogens with two attached hydrogens (primary N) is 1. The first-order valence-electron chi connectivity index (χ1n) is 7.40. The molecule has 5 heteroatoms. The van der Waals surface area contributed by atoms with E-state index >= 15 is 0 Å². The number of benzene rings is 1. The quantitative estimate of drug-likeness (QED) is 0.788. The minimum Gasteiger partial charge on any atom is -0.355 e. The summed E-state index contributed by atoms with van der Waals surface area (Å²) >= 11 is 0. The van der Waals surface area contributed by atoms with Gasteiger partial charge in [-0.25, -0.2) is 0 Å². The fourth-order valence-electron chi connectivity index (χ4n) is 2.93. The summed E-state index contributed by atoms with van der Waals surface area (Å²) in [5.74, 6) is 0.108. The molecular weight excluding hydrogens is 266 g/mol. The maximum atomic E-state index is 12.4. The molecule has 4 N–H and O–H groups in total. The zero-order valence-corrected chi connectivity index (χ0v) is 12.6. The molecule has 2 amide bonds. The molecule has 2 atom stereocenters. The molecule has 21 heavy (non-hydrogen) atoms. The number of hydrogen-bond donors (Lipinski definition) is 3. The summed E-state index contributed by atoms with van der Waals surface area (Å²) < 4.78 is 0. The van der Waals surface area contributed by atoms with Gasteiger partial charge >= 0.3 is 0 Å². The van der Waals surface area contributed by atoms with Gasteiger partial charge in [0.05, 0.1) is 0 Å². The Labute approximate surface area is 125 Å². The highest BCUT2D eigenvalue weighted by molar-refractivity contribution is 5.98. The first-order chi connectivity index (χ1) is 10.1. The molecule has 1 aliphatic rings. The highest BCUT2D eigenvalue weighted by atomic mass is 16.2. The molecule has 0 radical (unpaired) electrons. The lowest BCUT2D eigenvalue weighted by Crippen LogP contribution is -2.30. The molecule has 1 fully saturated rings. The van der Waals surface area contributed by atoms with Crippen molar-refractivity contribution in [3.8, 4) is 0 Å². The summed E-state index contributed by atoms with van der Waals surface area (Å²) in [6, 6.07) is 5.32. The molecule has 1 aliphatic carbocycles. The van der Waals surface area contributed by atoms with Gasteiger partial charge in [0.25, 0.3) is 5.91 Å². The van der Waals surface area contributed by atoms with Gasteiger partial charge in [0.15, 0.2) is 0 Å². The van der Waals surface area contributed by atoms with Crippen LogP contribution in [-0.4, -0.2) is 25.4 Å². The molecule has 0 aliphatic heterocycles. The Morgan fingerprint density at radius 1 is 1.33 bits per heavy atom. The van der Waals surface area contributed by atoms with Crippen LogP contribution in [-0.2, 0) is 4.79 Å². The summed E-state index contributed by atoms with van der Waals surface area (Å²) in [6.45, 7) is 2.47. The van der Waals surface area contributed by atoms with Crippen LogP contribution in [0.4, 0.5) is 5.69 Å². The smallest absolute Gasteiger partial charge is 0.251 e. The number of carbonyl (C=O) groups is 2. The number of carbonyl (C=O) groups excluding carboxylic acids is 2. The fraction of sp³-hybridized carbons (Fsp3) is 0.500. The monoisotopic (exact) mass is 289 g/mol. The van der Waals surface area contributed by atoms with E-state index in [-0.39, 0.29) is 23.7 Å². The molecule has 114 valence electrons. The van der Waals surface area contributed by atoms with E-state index in [1.807, 2.05) is 13.0 Å². The lowest BCUT2D eigenvalue weighted by Gasteiger charge is -2.18. The summed E-state index contributed by atoms with van der Waals surface area (Å²) in [4.78, 5) is 24.1. The Morgan fingerprint density at radius 3 is 2.76 bits per heavy atom. The molecule has 1 aromatic carbocycles. The molecule has 2 rings (SSSR count). The van der Waals surface area contributed by atoms with Gasteiger partial charge in [-0.15, -0.1) is 0 Å². The van der Waals surface area contributed by atoms with E-state index in [0.29, 0.717) is 17.8 Å². The molecule has 1 saturated carbocycles. The molecule has 5 nitrogen and oxygen atoms in total. The third-order valence-electron chi connectivity index (χ3n) is 4.28. The van der Waals surface area contributed by atoms with E-state index in [4.69, 9.17) is 5.73 Å². The number of amides is 2. The largest absolute Gasteiger partial charge is 0.355 e. The normalized spacial score (nSPS) is 21.1. The van der Waals surface area contributed by atoms with Crippen LogP contribution in [0.1, 0.15) is 35.2 Å². The molecular formula is C16H23N3O2. The molecule has 0 heterocycles. The molecule has 0 spiro atoms. The van der Waals surface area contributed by atoms with Crippen LogP contribution >= 0.6 is 0 Å². The molecule has 1 aromatic rings. The van der Waals surface area contributed by atoms with Crippen LogP contribution in [0.15, 0.2) is 18.2 Å². The van der Waals surface area contributed by atoms with E-state index in [1.54, 1.807) is 19.2 Å². The highest BCUT2D eigenvalue weighted by Gasteiger charge is 2.32. The molecule has 0 saturated heterocycles. The van der Waals surface area contributed by atoms with Gasteiger partial charge in [0.2, 0.25) is 5.91 Å². The van der Waals surface area contributed by atoms with Crippen LogP contribution in [0, 0.1) is 18.8 Å². The minimum absolute atomic E-state index is 0.0140. The average molecular weight is 289 g/mol. The summed E-state index contributed by atoms with van der Waals surface area (Å²) in [6.07, 6.45) is 2.96. The van der Waals surface area contributed by atoms with Crippen LogP contribution < -0.4 is 16.4 Å². The number of rotatable bonds is 4. The number of nitrogens with one attached hydrogen (secondary N) is 2. The summed E-state index contributed by atoms with van der Waals surface area (Å²) in [5.41, 5.74) is 7.92. The van der Waals surface area contributed by atoms with E-state index in [2.05, 4.69) is 10.6 Å². The van der Waals surface area contributed by atoms with E-state index in [1.165, 1.54) is 0 Å². The molecule has 2 unspecified atom stereocenters. The van der Waals surface area contributed by atoms with Crippen molar-refractivity contribution in [2.45, 2.75) is 26.2 Å². The number of hydrogen-bond acceptors (Lipinski definition) is 3. The Kier molecular flexibility index (Phi) is 4.96. The SMILES string of the molecule is CNC(=O)c1ccc(C)c(NC(=O)C2CCCC2CN)c1. The van der Waals surface area contributed by atoms with Gasteiger partial charge in [-0.2, -0.15) is 0 Å². The van der Waals surface area contributed by atoms with E-state index in [9.17, 15) is 9.59 Å². The number of anilines is 1. The van der Waals surface area contributed by atoms with Gasteiger partial charge in [0.1, 0.15) is 0 Å². The van der Waals surface area contributed by atoms with Crippen molar-refractivity contribution in [3.05, 3.63) is 29.3 Å². The van der Waals surface area contributed by atoms with E-state index in [0.717, 1.165) is 24.8 Å². The second-order valence-corrected chi connectivity index (χ2v) is 5.63. The Morgan fingerprint density at radius 2 is 2.10 bits per heavy atom. The van der Waals surface area contributed by atoms with Crippen LogP contribution in [0.25, 0.3) is 0 Å². The fourth-order valence-corrected chi connectivity index (χ4v) is 2.93. The Balaban J connectivity index is 2.15. The van der Waals surface area contributed by atoms with Gasteiger partial charge in [-0.05, 0) is 49.9 Å². The summed E-state index contributed by atoms with van der Waals surface area (Å²) in [5, 5.41) is 5.55. The average Bonchev–Trinajstić information content (AvgIpc) is 2.97. The zero-order chi connectivity index (χ0) is 15.4. The predicted octanol–water partition coefficient (Wildman–Crippen LogP) is 1.67. The highest BCUT2D eigenvalue weighted by Crippen LogP contribution is 2.32. The van der Waals surface area contributed by atoms with Gasteiger partial charge in [0, 0.05) is 24.2 Å². The minimum atomic E-state index is -0.161. The third kappa shape index (κ3) is 3.42. The first kappa shape index (κ1) is 15.5. The first-order valence-corrected chi connectivity index (χ1v) is 7.40. The maximum absolute atomic E-state index is 12.4. The maximum Gasteiger partial charge on any atom is 0.251 e. The second-order valence-electron chi connectivity index (χ2n) is 5.63. The number of aryl methyl sites for hydroxylation is 1. The van der Waals surface area contributed by atoms with Crippen molar-refractivity contribution < 1.29 is 9.59 Å². The summed E-state index contributed by atoms with van der Waals surface area (Å²) in [7, 11) is 1.59. The predicted molar refractivity (Wildman–Crippen MR) is 83.1 cm³/mol. The van der Waals surface area contributed by atoms with Crippen molar-refractivity contribution in [3.63, 3.8) is 0 Å². The molecule has 0 aromatic heterocycles. The van der Waals surface area contributed by atoms with Gasteiger partial charge in [-0.3, -0.25) is 9.59 Å². The van der Waals surface area contributed by atoms with Crippen molar-refractivity contribution in [1.82, 2.24) is 5.32 Å². The Hall–Kier alpha value is -1.88. The van der Waals surface area contributed by atoms with Crippen molar-refractivity contribution in [2.75, 3.05) is 18.9 Å². The second kappa shape index (κ2) is 6.72. The van der Waals surface area contributed by atoms with Crippen LogP contribution in [0.3, 0.4) is 0 Å². The van der Waals surface area contributed by atoms with Crippen molar-refractivity contribution in [1.29, 1.82) is 0 Å². The van der Waals surface area contributed by atoms with Crippen molar-refractivity contribution >= 4 is 17.5 Å². The Bertz CT molecular complexity index is 542. The third-order valence-corrected chi connectivity index (χ3v) is 4.28.